The van der Waals surface area contributed by atoms with Crippen LogP contribution < -0.4 is 15.4 Å². The van der Waals surface area contributed by atoms with Gasteiger partial charge in [-0.15, -0.1) is 0 Å². The van der Waals surface area contributed by atoms with Crippen molar-refractivity contribution in [2.24, 2.45) is 5.92 Å². The Balaban J connectivity index is 1.98. The number of nitrogens with one attached hydrogen (secondary N) is 2. The number of phenolic OH excluding ortho intramolecular Hbond substituents is 1. The van der Waals surface area contributed by atoms with E-state index >= 15 is 0 Å². The van der Waals surface area contributed by atoms with E-state index in [4.69, 9.17) is 4.74 Å². The highest BCUT2D eigenvalue weighted by Crippen LogP contribution is 2.36. The zero-order valence-electron chi connectivity index (χ0n) is 16.0. The van der Waals surface area contributed by atoms with Crippen LogP contribution in [0.1, 0.15) is 44.4 Å². The van der Waals surface area contributed by atoms with Gasteiger partial charge in [0.1, 0.15) is 0 Å². The lowest BCUT2D eigenvalue weighted by atomic mass is 9.97. The average Bonchev–Trinajstić information content (AvgIpc) is 2.63. The Kier molecular flexibility index (Phi) is 6.45. The average molecular weight is 431 g/mol. The smallest absolute Gasteiger partial charge is 0.162 e. The lowest BCUT2D eigenvalue weighted by Crippen LogP contribution is -2.47. The minimum absolute atomic E-state index is 0.103. The summed E-state index contributed by atoms with van der Waals surface area (Å²) >= 11 is 3.50. The Bertz CT molecular complexity index is 802. The first-order valence-corrected chi connectivity index (χ1v) is 10.2. The molecule has 0 saturated carbocycles. The third-order valence-corrected chi connectivity index (χ3v) is 5.10. The molecule has 2 atom stereocenters. The molecular weight excluding hydrogens is 404 g/mol. The van der Waals surface area contributed by atoms with Gasteiger partial charge in [-0.25, -0.2) is 0 Å². The molecule has 2 aromatic rings. The number of phenols is 1. The zero-order valence-corrected chi connectivity index (χ0v) is 17.6. The normalized spacial score (nSPS) is 19.5. The molecule has 0 aliphatic carbocycles. The summed E-state index contributed by atoms with van der Waals surface area (Å²) in [6.07, 6.45) is 3.23. The quantitative estimate of drug-likeness (QED) is 0.589. The van der Waals surface area contributed by atoms with Gasteiger partial charge in [-0.05, 0) is 49.1 Å². The van der Waals surface area contributed by atoms with Crippen molar-refractivity contribution in [1.29, 1.82) is 0 Å². The fourth-order valence-corrected chi connectivity index (χ4v) is 3.62. The second-order valence-electron chi connectivity index (χ2n) is 7.19. The molecule has 2 unspecified atom stereocenters. The molecular formula is C22H27BrN2O2. The van der Waals surface area contributed by atoms with E-state index < -0.39 is 0 Å². The van der Waals surface area contributed by atoms with Crippen LogP contribution in [-0.2, 0) is 0 Å². The van der Waals surface area contributed by atoms with Crippen molar-refractivity contribution >= 4 is 21.6 Å². The van der Waals surface area contributed by atoms with E-state index in [1.807, 2.05) is 31.2 Å². The molecule has 1 aliphatic rings. The van der Waals surface area contributed by atoms with Crippen LogP contribution in [0, 0.1) is 5.92 Å². The van der Waals surface area contributed by atoms with Gasteiger partial charge in [-0.2, -0.15) is 0 Å². The molecule has 4 nitrogen and oxygen atoms in total. The van der Waals surface area contributed by atoms with E-state index in [1.54, 1.807) is 6.07 Å². The van der Waals surface area contributed by atoms with Gasteiger partial charge in [-0.1, -0.05) is 54.0 Å². The molecule has 27 heavy (non-hydrogen) atoms. The van der Waals surface area contributed by atoms with E-state index in [0.29, 0.717) is 18.3 Å². The first kappa shape index (κ1) is 19.8. The van der Waals surface area contributed by atoms with Gasteiger partial charge < -0.3 is 15.2 Å². The molecule has 1 heterocycles. The highest BCUT2D eigenvalue weighted by molar-refractivity contribution is 9.10. The Morgan fingerprint density at radius 3 is 2.56 bits per heavy atom. The van der Waals surface area contributed by atoms with Crippen molar-refractivity contribution in [3.8, 4) is 11.5 Å². The molecule has 0 fully saturated rings. The maximum absolute atomic E-state index is 10.7. The maximum Gasteiger partial charge on any atom is 0.162 e. The van der Waals surface area contributed by atoms with Crippen LogP contribution in [0.25, 0.3) is 5.70 Å². The van der Waals surface area contributed by atoms with Crippen LogP contribution in [0.5, 0.6) is 11.5 Å². The van der Waals surface area contributed by atoms with E-state index in [0.717, 1.165) is 27.7 Å². The second kappa shape index (κ2) is 8.81. The molecule has 2 aromatic carbocycles. The summed E-state index contributed by atoms with van der Waals surface area (Å²) in [4.78, 5) is 0. The number of hydrogen-bond donors (Lipinski definition) is 3. The van der Waals surface area contributed by atoms with Crippen LogP contribution in [0.15, 0.2) is 53.0 Å². The fraction of sp³-hybridized carbons (Fsp3) is 0.364. The van der Waals surface area contributed by atoms with Gasteiger partial charge in [0.05, 0.1) is 18.8 Å². The minimum Gasteiger partial charge on any atom is -0.504 e. The molecule has 0 spiro atoms. The number of hydrogen-bond acceptors (Lipinski definition) is 4. The zero-order chi connectivity index (χ0) is 19.4. The van der Waals surface area contributed by atoms with Crippen molar-refractivity contribution in [3.63, 3.8) is 0 Å². The summed E-state index contributed by atoms with van der Waals surface area (Å²) in [6, 6.07) is 13.8. The van der Waals surface area contributed by atoms with Crippen molar-refractivity contribution in [2.75, 3.05) is 6.61 Å². The summed E-state index contributed by atoms with van der Waals surface area (Å²) in [5.74, 6) is 1.27. The molecule has 1 aliphatic heterocycles. The van der Waals surface area contributed by atoms with Crippen LogP contribution in [0.4, 0.5) is 0 Å². The largest absolute Gasteiger partial charge is 0.504 e. The van der Waals surface area contributed by atoms with E-state index in [-0.39, 0.29) is 18.0 Å². The molecule has 0 amide bonds. The fourth-order valence-electron chi connectivity index (χ4n) is 3.36. The number of ether oxygens (including phenoxy) is 1. The number of rotatable bonds is 6. The summed E-state index contributed by atoms with van der Waals surface area (Å²) in [7, 11) is 0. The third kappa shape index (κ3) is 4.85. The summed E-state index contributed by atoms with van der Waals surface area (Å²) in [5.41, 5.74) is 3.02. The number of benzene rings is 2. The Morgan fingerprint density at radius 1 is 1.15 bits per heavy atom. The molecule has 5 heteroatoms. The highest BCUT2D eigenvalue weighted by atomic mass is 79.9. The molecule has 0 bridgehead atoms. The highest BCUT2D eigenvalue weighted by Gasteiger charge is 2.26. The monoisotopic (exact) mass is 430 g/mol. The van der Waals surface area contributed by atoms with Gasteiger partial charge in [0.2, 0.25) is 0 Å². The van der Waals surface area contributed by atoms with Crippen molar-refractivity contribution in [3.05, 3.63) is 64.1 Å². The summed E-state index contributed by atoms with van der Waals surface area (Å²) < 4.78 is 6.62. The predicted octanol–water partition coefficient (Wildman–Crippen LogP) is 5.20. The molecule has 144 valence electrons. The number of halogens is 1. The lowest BCUT2D eigenvalue weighted by Gasteiger charge is -2.34. The van der Waals surface area contributed by atoms with Crippen molar-refractivity contribution < 1.29 is 9.84 Å². The number of para-hydroxylation sites is 1. The van der Waals surface area contributed by atoms with Gasteiger partial charge >= 0.3 is 0 Å². The summed E-state index contributed by atoms with van der Waals surface area (Å²) in [5, 5.41) is 17.9. The van der Waals surface area contributed by atoms with Gasteiger partial charge in [0.15, 0.2) is 11.5 Å². The number of aromatic hydroxyl groups is 1. The maximum atomic E-state index is 10.7. The van der Waals surface area contributed by atoms with E-state index in [9.17, 15) is 5.11 Å². The lowest BCUT2D eigenvalue weighted by molar-refractivity contribution is 0.312. The SMILES string of the molecule is CCOc1cccc(C2C=C(c3ccc(Br)cc3)NC(CC(C)C)N2)c1O. The van der Waals surface area contributed by atoms with Gasteiger partial charge in [0.25, 0.3) is 0 Å². The first-order valence-electron chi connectivity index (χ1n) is 9.43. The molecule has 0 radical (unpaired) electrons. The molecule has 0 aromatic heterocycles. The summed E-state index contributed by atoms with van der Waals surface area (Å²) in [6.45, 7) is 6.86. The Labute approximate surface area is 169 Å². The second-order valence-corrected chi connectivity index (χ2v) is 8.10. The predicted molar refractivity (Wildman–Crippen MR) is 114 cm³/mol. The Morgan fingerprint density at radius 2 is 1.89 bits per heavy atom. The van der Waals surface area contributed by atoms with E-state index in [2.05, 4.69) is 58.6 Å². The van der Waals surface area contributed by atoms with Crippen molar-refractivity contribution in [1.82, 2.24) is 10.6 Å². The van der Waals surface area contributed by atoms with Gasteiger partial charge in [0, 0.05) is 15.7 Å². The Hall–Kier alpha value is -1.98. The standard InChI is InChI=1S/C22H27BrN2O2/c1-4-27-20-7-5-6-17(22(20)26)19-13-18(15-8-10-16(23)11-9-15)24-21(25-19)12-14(2)3/h5-11,13-14,19,21,24-26H,4,12H2,1-3H3. The third-order valence-electron chi connectivity index (χ3n) is 4.57. The van der Waals surface area contributed by atoms with Crippen LogP contribution >= 0.6 is 15.9 Å². The van der Waals surface area contributed by atoms with Crippen LogP contribution in [0.3, 0.4) is 0 Å². The van der Waals surface area contributed by atoms with E-state index in [1.165, 1.54) is 0 Å². The molecule has 0 saturated heterocycles. The molecule has 3 N–H and O–H groups in total. The van der Waals surface area contributed by atoms with Crippen LogP contribution in [-0.4, -0.2) is 17.9 Å². The molecule has 3 rings (SSSR count). The topological polar surface area (TPSA) is 53.5 Å². The van der Waals surface area contributed by atoms with Gasteiger partial charge in [-0.3, -0.25) is 5.32 Å². The minimum atomic E-state index is -0.103. The van der Waals surface area contributed by atoms with Crippen molar-refractivity contribution in [2.45, 2.75) is 39.4 Å². The van der Waals surface area contributed by atoms with Crippen LogP contribution in [0.2, 0.25) is 0 Å². The first-order chi connectivity index (χ1) is 13.0.